The van der Waals surface area contributed by atoms with Crippen molar-refractivity contribution in [2.45, 2.75) is 27.7 Å². The van der Waals surface area contributed by atoms with E-state index in [-0.39, 0.29) is 5.91 Å². The molecule has 0 saturated heterocycles. The first-order chi connectivity index (χ1) is 12.2. The Morgan fingerprint density at radius 2 is 1.84 bits per heavy atom. The monoisotopic (exact) mass is 340 g/mol. The van der Waals surface area contributed by atoms with Gasteiger partial charge in [0, 0.05) is 16.8 Å². The van der Waals surface area contributed by atoms with Crippen LogP contribution in [0.2, 0.25) is 0 Å². The maximum Gasteiger partial charge on any atom is 0.258 e. The number of benzene rings is 2. The van der Waals surface area contributed by atoms with E-state index in [0.717, 1.165) is 6.29 Å². The highest BCUT2D eigenvalue weighted by molar-refractivity contribution is 6.04. The van der Waals surface area contributed by atoms with Crippen molar-refractivity contribution >= 4 is 34.9 Å². The first-order valence-electron chi connectivity index (χ1n) is 8.27. The van der Waals surface area contributed by atoms with Gasteiger partial charge in [-0.3, -0.25) is 14.9 Å². The van der Waals surface area contributed by atoms with Gasteiger partial charge >= 0.3 is 0 Å². The number of amides is 1. The Hall–Kier alpha value is -3.15. The molecular formula is C19H24N4O2. The number of nitrogens with zero attached hydrogens (tertiary/aromatic N) is 1. The highest BCUT2D eigenvalue weighted by Crippen LogP contribution is 2.16. The molecule has 0 atom stereocenters. The van der Waals surface area contributed by atoms with Gasteiger partial charge in [0.05, 0.1) is 11.0 Å². The second-order valence-electron chi connectivity index (χ2n) is 4.56. The lowest BCUT2D eigenvalue weighted by atomic mass is 10.2. The highest BCUT2D eigenvalue weighted by atomic mass is 16.1. The number of hydrogen-bond donors (Lipinski definition) is 3. The fraction of sp³-hybridized carbons (Fsp3) is 0.211. The van der Waals surface area contributed by atoms with Crippen molar-refractivity contribution in [2.24, 2.45) is 0 Å². The van der Waals surface area contributed by atoms with Gasteiger partial charge in [-0.1, -0.05) is 33.8 Å². The first kappa shape index (κ1) is 19.9. The molecule has 0 spiro atoms. The van der Waals surface area contributed by atoms with Crippen molar-refractivity contribution in [1.82, 2.24) is 9.97 Å². The normalized spacial score (nSPS) is 9.28. The SMILES string of the molecule is CC.CC.Nc1cccc(C(=O)Nc2nc3ccc(C=O)cc3[nH]2)c1. The lowest BCUT2D eigenvalue weighted by Gasteiger charge is -2.02. The highest BCUT2D eigenvalue weighted by Gasteiger charge is 2.09. The summed E-state index contributed by atoms with van der Waals surface area (Å²) in [6.45, 7) is 8.00. The summed E-state index contributed by atoms with van der Waals surface area (Å²) in [7, 11) is 0. The molecule has 0 aliphatic rings. The molecule has 0 bridgehead atoms. The van der Waals surface area contributed by atoms with Crippen LogP contribution < -0.4 is 11.1 Å². The van der Waals surface area contributed by atoms with Gasteiger partial charge in [0.2, 0.25) is 5.95 Å². The molecule has 2 aromatic carbocycles. The minimum absolute atomic E-state index is 0.308. The van der Waals surface area contributed by atoms with Gasteiger partial charge in [0.25, 0.3) is 5.91 Å². The maximum atomic E-state index is 12.1. The Morgan fingerprint density at radius 3 is 2.48 bits per heavy atom. The molecular weight excluding hydrogens is 316 g/mol. The lowest BCUT2D eigenvalue weighted by Crippen LogP contribution is -2.13. The number of H-pyrrole nitrogens is 1. The lowest BCUT2D eigenvalue weighted by molar-refractivity contribution is 0.102. The average molecular weight is 340 g/mol. The van der Waals surface area contributed by atoms with Gasteiger partial charge < -0.3 is 10.7 Å². The molecule has 1 heterocycles. The van der Waals surface area contributed by atoms with Crippen LogP contribution in [0.15, 0.2) is 42.5 Å². The van der Waals surface area contributed by atoms with Crippen LogP contribution in [0.3, 0.4) is 0 Å². The summed E-state index contributed by atoms with van der Waals surface area (Å²) in [5.41, 5.74) is 8.51. The molecule has 0 fully saturated rings. The van der Waals surface area contributed by atoms with Gasteiger partial charge in [-0.15, -0.1) is 0 Å². The quantitative estimate of drug-likeness (QED) is 0.490. The third-order valence-electron chi connectivity index (χ3n) is 3.02. The summed E-state index contributed by atoms with van der Waals surface area (Å²) in [6, 6.07) is 11.7. The Bertz CT molecular complexity index is 840. The zero-order valence-corrected chi connectivity index (χ0v) is 15.0. The van der Waals surface area contributed by atoms with E-state index in [1.54, 1.807) is 42.5 Å². The van der Waals surface area contributed by atoms with Crippen molar-refractivity contribution in [1.29, 1.82) is 0 Å². The minimum Gasteiger partial charge on any atom is -0.399 e. The number of carbonyl (C=O) groups excluding carboxylic acids is 2. The van der Waals surface area contributed by atoms with E-state index in [2.05, 4.69) is 15.3 Å². The number of nitrogens with two attached hydrogens (primary N) is 1. The summed E-state index contributed by atoms with van der Waals surface area (Å²) in [5.74, 6) is 0.0115. The number of carbonyl (C=O) groups is 2. The van der Waals surface area contributed by atoms with E-state index in [4.69, 9.17) is 5.73 Å². The predicted octanol–water partition coefficient (Wildman–Crippen LogP) is 4.26. The Kier molecular flexibility index (Phi) is 7.86. The molecule has 6 heteroatoms. The van der Waals surface area contributed by atoms with E-state index in [9.17, 15) is 9.59 Å². The number of anilines is 2. The topological polar surface area (TPSA) is 101 Å². The number of hydrogen-bond acceptors (Lipinski definition) is 4. The average Bonchev–Trinajstić information content (AvgIpc) is 3.06. The van der Waals surface area contributed by atoms with E-state index in [1.165, 1.54) is 0 Å². The summed E-state index contributed by atoms with van der Waals surface area (Å²) in [5, 5.41) is 2.66. The Morgan fingerprint density at radius 1 is 1.12 bits per heavy atom. The Labute approximate surface area is 147 Å². The molecule has 25 heavy (non-hydrogen) atoms. The molecule has 4 N–H and O–H groups in total. The molecule has 3 rings (SSSR count). The first-order valence-corrected chi connectivity index (χ1v) is 8.27. The number of aromatic nitrogens is 2. The van der Waals surface area contributed by atoms with Crippen LogP contribution in [-0.2, 0) is 0 Å². The molecule has 132 valence electrons. The molecule has 0 aliphatic heterocycles. The number of imidazole rings is 1. The van der Waals surface area contributed by atoms with Gasteiger partial charge in [-0.25, -0.2) is 4.98 Å². The Balaban J connectivity index is 0.000000730. The van der Waals surface area contributed by atoms with E-state index < -0.39 is 0 Å². The van der Waals surface area contributed by atoms with Crippen molar-refractivity contribution in [3.63, 3.8) is 0 Å². The van der Waals surface area contributed by atoms with Crippen LogP contribution in [0.1, 0.15) is 48.4 Å². The van der Waals surface area contributed by atoms with Crippen LogP contribution in [0, 0.1) is 0 Å². The van der Waals surface area contributed by atoms with Crippen LogP contribution in [0.25, 0.3) is 11.0 Å². The van der Waals surface area contributed by atoms with Crippen molar-refractivity contribution in [3.05, 3.63) is 53.6 Å². The van der Waals surface area contributed by atoms with Crippen molar-refractivity contribution < 1.29 is 9.59 Å². The molecule has 3 aromatic rings. The molecule has 0 saturated carbocycles. The molecule has 1 aromatic heterocycles. The number of nitrogen functional groups attached to an aromatic ring is 1. The third kappa shape index (κ3) is 5.17. The summed E-state index contributed by atoms with van der Waals surface area (Å²) in [4.78, 5) is 30.0. The smallest absolute Gasteiger partial charge is 0.258 e. The van der Waals surface area contributed by atoms with Crippen molar-refractivity contribution in [2.75, 3.05) is 11.1 Å². The molecule has 0 radical (unpaired) electrons. The minimum atomic E-state index is -0.308. The number of aldehydes is 1. The van der Waals surface area contributed by atoms with Crippen LogP contribution in [0.5, 0.6) is 0 Å². The standard InChI is InChI=1S/C15H12N4O2.2C2H6/c16-11-3-1-2-10(7-11)14(21)19-15-17-12-5-4-9(8-20)6-13(12)18-15;2*1-2/h1-8H,16H2,(H2,17,18,19,21);2*1-2H3. The molecule has 6 nitrogen and oxygen atoms in total. The predicted molar refractivity (Wildman–Crippen MR) is 103 cm³/mol. The fourth-order valence-electron chi connectivity index (χ4n) is 2.02. The van der Waals surface area contributed by atoms with Gasteiger partial charge in [-0.05, 0) is 36.4 Å². The second-order valence-corrected chi connectivity index (χ2v) is 4.56. The fourth-order valence-corrected chi connectivity index (χ4v) is 2.02. The number of aromatic amines is 1. The van der Waals surface area contributed by atoms with E-state index in [0.29, 0.717) is 33.8 Å². The van der Waals surface area contributed by atoms with Gasteiger partial charge in [-0.2, -0.15) is 0 Å². The van der Waals surface area contributed by atoms with E-state index >= 15 is 0 Å². The summed E-state index contributed by atoms with van der Waals surface area (Å²) >= 11 is 0. The number of rotatable bonds is 3. The summed E-state index contributed by atoms with van der Waals surface area (Å²) < 4.78 is 0. The van der Waals surface area contributed by atoms with Gasteiger partial charge in [0.15, 0.2) is 0 Å². The van der Waals surface area contributed by atoms with Crippen LogP contribution in [-0.4, -0.2) is 22.2 Å². The molecule has 1 amide bonds. The van der Waals surface area contributed by atoms with Gasteiger partial charge in [0.1, 0.15) is 6.29 Å². The maximum absolute atomic E-state index is 12.1. The van der Waals surface area contributed by atoms with Crippen LogP contribution in [0.4, 0.5) is 11.6 Å². The number of nitrogens with one attached hydrogen (secondary N) is 2. The van der Waals surface area contributed by atoms with Crippen LogP contribution >= 0.6 is 0 Å². The molecule has 0 aliphatic carbocycles. The third-order valence-corrected chi connectivity index (χ3v) is 3.02. The van der Waals surface area contributed by atoms with Crippen molar-refractivity contribution in [3.8, 4) is 0 Å². The largest absolute Gasteiger partial charge is 0.399 e. The second kappa shape index (κ2) is 9.87. The summed E-state index contributed by atoms with van der Waals surface area (Å²) in [6.07, 6.45) is 0.755. The van der Waals surface area contributed by atoms with E-state index in [1.807, 2.05) is 27.7 Å². The zero-order chi connectivity index (χ0) is 18.8. The zero-order valence-electron chi connectivity index (χ0n) is 15.0. The number of fused-ring (bicyclic) bond motifs is 1. The molecule has 0 unspecified atom stereocenters.